The molecule has 6 heteroatoms. The molecule has 1 saturated heterocycles. The highest BCUT2D eigenvalue weighted by Crippen LogP contribution is 2.32. The number of carbonyl (C=O) groups is 1. The fraction of sp³-hybridized carbons (Fsp3) is 0.455. The van der Waals surface area contributed by atoms with Crippen LogP contribution in [0.25, 0.3) is 0 Å². The largest absolute Gasteiger partial charge is 0.338 e. The van der Waals surface area contributed by atoms with Crippen LogP contribution in [0.4, 0.5) is 8.78 Å². The van der Waals surface area contributed by atoms with Gasteiger partial charge in [0.2, 0.25) is 0 Å². The molecule has 1 aromatic heterocycles. The average molecular weight is 413 g/mol. The van der Waals surface area contributed by atoms with E-state index in [0.29, 0.717) is 22.6 Å². The molecule has 2 heterocycles. The van der Waals surface area contributed by atoms with Crippen molar-refractivity contribution in [1.29, 1.82) is 0 Å². The molecule has 0 spiro atoms. The van der Waals surface area contributed by atoms with E-state index in [2.05, 4.69) is 4.98 Å². The molecule has 1 aliphatic heterocycles. The van der Waals surface area contributed by atoms with Crippen molar-refractivity contribution in [3.8, 4) is 0 Å². The van der Waals surface area contributed by atoms with Gasteiger partial charge in [0, 0.05) is 38.7 Å². The first-order valence-electron chi connectivity index (χ1n) is 12.0. The van der Waals surface area contributed by atoms with Gasteiger partial charge in [0.1, 0.15) is 11.5 Å². The smallest absolute Gasteiger partial charge is 0.253 e. The molecular weight excluding hydrogens is 382 g/mol. The molecule has 1 amide bonds. The van der Waals surface area contributed by atoms with Crippen LogP contribution in [0.15, 0.2) is 36.5 Å². The highest BCUT2D eigenvalue weighted by molar-refractivity contribution is 6.31. The number of amides is 1. The number of carbonyl (C=O) groups excluding carboxylic acids is 1. The molecule has 0 radical (unpaired) electrons. The number of halogens is 3. The van der Waals surface area contributed by atoms with Crippen molar-refractivity contribution < 1.29 is 21.8 Å². The summed E-state index contributed by atoms with van der Waals surface area (Å²) >= 11 is 5.71. The maximum absolute atomic E-state index is 15.8. The SMILES string of the molecule is [2H]C([2H])(C)c1ccc(CCCC2(F)CCN(C(=O)c3ccc(F)c(Cl)c3)C([2H])([2H])C2([2H])[2H])nc1. The van der Waals surface area contributed by atoms with Gasteiger partial charge in [0.15, 0.2) is 0 Å². The van der Waals surface area contributed by atoms with E-state index in [1.165, 1.54) is 13.1 Å². The molecule has 3 rings (SSSR count). The lowest BCUT2D eigenvalue weighted by atomic mass is 9.87. The lowest BCUT2D eigenvalue weighted by Crippen LogP contribution is -2.44. The average Bonchev–Trinajstić information content (AvgIpc) is 2.74. The molecule has 1 unspecified atom stereocenters. The third-order valence-corrected chi connectivity index (χ3v) is 4.97. The van der Waals surface area contributed by atoms with Gasteiger partial charge in [-0.2, -0.15) is 0 Å². The molecule has 150 valence electrons. The number of likely N-dealkylation sites (tertiary alicyclic amines) is 1. The fourth-order valence-electron chi connectivity index (χ4n) is 2.97. The normalized spacial score (nSPS) is 26.9. The maximum Gasteiger partial charge on any atom is 0.253 e. The van der Waals surface area contributed by atoms with E-state index in [1.54, 1.807) is 12.1 Å². The van der Waals surface area contributed by atoms with Crippen molar-refractivity contribution in [2.75, 3.05) is 13.0 Å². The molecule has 0 N–H and O–H groups in total. The topological polar surface area (TPSA) is 33.2 Å². The zero-order valence-corrected chi connectivity index (χ0v) is 16.2. The number of hydrogen-bond donors (Lipinski definition) is 0. The molecule has 3 nitrogen and oxygen atoms in total. The number of rotatable bonds is 6. The number of aryl methyl sites for hydroxylation is 2. The number of aromatic nitrogens is 1. The number of nitrogens with zero attached hydrogens (tertiary/aromatic N) is 2. The van der Waals surface area contributed by atoms with Crippen LogP contribution in [-0.4, -0.2) is 34.5 Å². The standard InChI is InChI=1S/C22H25ClF2N2O/c1-2-16-5-7-18(26-15-16)4-3-9-22(25)10-12-27(13-11-22)21(28)17-6-8-20(24)19(23)14-17/h5-8,14-15H,2-4,9-13H2,1H3/i2D2,10D2,12D2. The van der Waals surface area contributed by atoms with E-state index in [-0.39, 0.29) is 30.0 Å². The Hall–Kier alpha value is -2.01. The third kappa shape index (κ3) is 5.07. The lowest BCUT2D eigenvalue weighted by molar-refractivity contribution is 0.0389. The summed E-state index contributed by atoms with van der Waals surface area (Å²) in [5, 5.41) is -0.331. The summed E-state index contributed by atoms with van der Waals surface area (Å²) in [7, 11) is 0. The Morgan fingerprint density at radius 2 is 2.25 bits per heavy atom. The number of pyridine rings is 1. The second kappa shape index (κ2) is 8.99. The van der Waals surface area contributed by atoms with E-state index < -0.39 is 43.1 Å². The first-order valence-corrected chi connectivity index (χ1v) is 9.39. The number of piperidine rings is 1. The zero-order valence-electron chi connectivity index (χ0n) is 21.4. The first-order chi connectivity index (χ1) is 15.6. The van der Waals surface area contributed by atoms with Crippen LogP contribution in [0.1, 0.15) is 62.4 Å². The van der Waals surface area contributed by atoms with Gasteiger partial charge >= 0.3 is 0 Å². The highest BCUT2D eigenvalue weighted by atomic mass is 35.5. The Kier molecular flexibility index (Phi) is 4.51. The van der Waals surface area contributed by atoms with E-state index in [1.807, 2.05) is 0 Å². The van der Waals surface area contributed by atoms with Crippen molar-refractivity contribution in [2.24, 2.45) is 0 Å². The van der Waals surface area contributed by atoms with Gasteiger partial charge in [0.25, 0.3) is 5.91 Å². The minimum Gasteiger partial charge on any atom is -0.338 e. The number of alkyl halides is 1. The molecule has 1 aliphatic rings. The van der Waals surface area contributed by atoms with Crippen molar-refractivity contribution >= 4 is 17.5 Å². The minimum absolute atomic E-state index is 0.122. The van der Waals surface area contributed by atoms with Gasteiger partial charge in [-0.05, 0) is 68.3 Å². The number of benzene rings is 1. The molecular formula is C22H25ClF2N2O. The highest BCUT2D eigenvalue weighted by Gasteiger charge is 2.35. The predicted molar refractivity (Wildman–Crippen MR) is 107 cm³/mol. The van der Waals surface area contributed by atoms with Crippen LogP contribution in [0, 0.1) is 5.82 Å². The summed E-state index contributed by atoms with van der Waals surface area (Å²) in [6.45, 7) is -1.92. The summed E-state index contributed by atoms with van der Waals surface area (Å²) in [4.78, 5) is 17.7. The Morgan fingerprint density at radius 3 is 2.93 bits per heavy atom. The lowest BCUT2D eigenvalue weighted by Gasteiger charge is -2.36. The van der Waals surface area contributed by atoms with Crippen molar-refractivity contribution in [3.05, 3.63) is 64.2 Å². The predicted octanol–water partition coefficient (Wildman–Crippen LogP) is 5.40. The summed E-state index contributed by atoms with van der Waals surface area (Å²) in [5.41, 5.74) is -1.67. The molecule has 0 bridgehead atoms. The summed E-state index contributed by atoms with van der Waals surface area (Å²) in [5.74, 6) is -1.66. The van der Waals surface area contributed by atoms with Crippen LogP contribution in [-0.2, 0) is 12.8 Å². The van der Waals surface area contributed by atoms with Crippen LogP contribution in [0.3, 0.4) is 0 Å². The Morgan fingerprint density at radius 1 is 1.43 bits per heavy atom. The molecule has 1 aromatic carbocycles. The Labute approximate surface area is 178 Å². The van der Waals surface area contributed by atoms with Crippen LogP contribution in [0.5, 0.6) is 0 Å². The van der Waals surface area contributed by atoms with E-state index in [0.717, 1.165) is 18.2 Å². The quantitative estimate of drug-likeness (QED) is 0.636. The summed E-state index contributed by atoms with van der Waals surface area (Å²) in [6.07, 6.45) is -3.38. The molecule has 0 aliphatic carbocycles. The Bertz CT molecular complexity index is 1060. The van der Waals surface area contributed by atoms with E-state index in [4.69, 9.17) is 19.8 Å². The van der Waals surface area contributed by atoms with E-state index >= 15 is 4.39 Å². The van der Waals surface area contributed by atoms with E-state index in [9.17, 15) is 9.18 Å². The maximum atomic E-state index is 15.8. The Balaban J connectivity index is 1.72. The molecule has 2 aromatic rings. The van der Waals surface area contributed by atoms with Crippen molar-refractivity contribution in [2.45, 2.75) is 51.0 Å². The summed E-state index contributed by atoms with van der Waals surface area (Å²) in [6, 6.07) is 6.33. The van der Waals surface area contributed by atoms with Gasteiger partial charge < -0.3 is 4.90 Å². The van der Waals surface area contributed by atoms with Crippen LogP contribution >= 0.6 is 11.6 Å². The van der Waals surface area contributed by atoms with Crippen molar-refractivity contribution in [1.82, 2.24) is 9.88 Å². The molecule has 0 saturated carbocycles. The summed E-state index contributed by atoms with van der Waals surface area (Å²) < 4.78 is 77.9. The van der Waals surface area contributed by atoms with Gasteiger partial charge in [-0.15, -0.1) is 0 Å². The molecule has 1 fully saturated rings. The van der Waals surface area contributed by atoms with Crippen LogP contribution < -0.4 is 0 Å². The molecule has 28 heavy (non-hydrogen) atoms. The van der Waals surface area contributed by atoms with Gasteiger partial charge in [-0.1, -0.05) is 24.6 Å². The third-order valence-electron chi connectivity index (χ3n) is 4.68. The number of hydrogen-bond acceptors (Lipinski definition) is 2. The van der Waals surface area contributed by atoms with Gasteiger partial charge in [-0.25, -0.2) is 8.78 Å². The molecule has 1 atom stereocenters. The second-order valence-electron chi connectivity index (χ2n) is 6.68. The first kappa shape index (κ1) is 14.0. The van der Waals surface area contributed by atoms with Crippen molar-refractivity contribution in [3.63, 3.8) is 0 Å². The minimum atomic E-state index is -3.02. The van der Waals surface area contributed by atoms with Gasteiger partial charge in [-0.3, -0.25) is 9.78 Å². The monoisotopic (exact) mass is 412 g/mol. The second-order valence-corrected chi connectivity index (χ2v) is 7.09. The zero-order chi connectivity index (χ0) is 25.5. The van der Waals surface area contributed by atoms with Crippen LogP contribution in [0.2, 0.25) is 5.02 Å². The fourth-order valence-corrected chi connectivity index (χ4v) is 3.15. The van der Waals surface area contributed by atoms with Gasteiger partial charge in [0.05, 0.1) is 5.02 Å².